The normalized spacial score (nSPS) is 22.7. The van der Waals surface area contributed by atoms with Crippen molar-refractivity contribution in [3.8, 4) is 0 Å². The second-order valence-corrected chi connectivity index (χ2v) is 7.80. The highest BCUT2D eigenvalue weighted by molar-refractivity contribution is 6.10. The van der Waals surface area contributed by atoms with Crippen LogP contribution in [0.2, 0.25) is 0 Å². The first-order valence-electron chi connectivity index (χ1n) is 9.74. The lowest BCUT2D eigenvalue weighted by atomic mass is 9.83. The number of rotatable bonds is 4. The van der Waals surface area contributed by atoms with E-state index in [0.29, 0.717) is 22.7 Å². The largest absolute Gasteiger partial charge is 0.375 e. The molecule has 2 aromatic rings. The summed E-state index contributed by atoms with van der Waals surface area (Å²) >= 11 is 0. The number of hydrogen-bond acceptors (Lipinski definition) is 3. The molecule has 2 aromatic carbocycles. The van der Waals surface area contributed by atoms with E-state index in [9.17, 15) is 14.7 Å². The number of nitrogens with zero attached hydrogens (tertiary/aromatic N) is 1. The minimum Gasteiger partial charge on any atom is -0.375 e. The zero-order chi connectivity index (χ0) is 19.0. The molecule has 1 atom stereocenters. The highest BCUT2D eigenvalue weighted by Crippen LogP contribution is 2.42. The van der Waals surface area contributed by atoms with Crippen molar-refractivity contribution in [1.29, 1.82) is 0 Å². The van der Waals surface area contributed by atoms with Gasteiger partial charge in [0.2, 0.25) is 0 Å². The third-order valence-corrected chi connectivity index (χ3v) is 6.10. The summed E-state index contributed by atoms with van der Waals surface area (Å²) in [6, 6.07) is 14.8. The Balaban J connectivity index is 1.54. The van der Waals surface area contributed by atoms with E-state index in [1.54, 1.807) is 25.2 Å². The SMILES string of the molecule is CN1C(=O)[C@](O)(CC(=O)c2ccc(C3CCCCC3)cc2)c2ccccc21. The number of likely N-dealkylation sites (N-methyl/N-ethyl adjacent to an activating group) is 1. The molecule has 1 heterocycles. The third kappa shape index (κ3) is 3.08. The van der Waals surface area contributed by atoms with Crippen LogP contribution in [-0.2, 0) is 10.4 Å². The molecule has 0 aromatic heterocycles. The maximum absolute atomic E-state index is 12.8. The summed E-state index contributed by atoms with van der Waals surface area (Å²) in [5.41, 5.74) is 1.20. The maximum atomic E-state index is 12.8. The van der Waals surface area contributed by atoms with E-state index in [2.05, 4.69) is 0 Å². The van der Waals surface area contributed by atoms with Crippen molar-refractivity contribution in [1.82, 2.24) is 0 Å². The van der Waals surface area contributed by atoms with E-state index in [1.807, 2.05) is 30.3 Å². The first-order chi connectivity index (χ1) is 13.0. The molecule has 0 spiro atoms. The minimum absolute atomic E-state index is 0.217. The van der Waals surface area contributed by atoms with Gasteiger partial charge in [0.05, 0.1) is 12.1 Å². The van der Waals surface area contributed by atoms with Gasteiger partial charge in [-0.05, 0) is 30.4 Å². The molecule has 1 N–H and O–H groups in total. The number of fused-ring (bicyclic) bond motifs is 1. The van der Waals surface area contributed by atoms with E-state index in [0.717, 1.165) is 0 Å². The Morgan fingerprint density at radius 3 is 2.44 bits per heavy atom. The molecule has 0 radical (unpaired) electrons. The van der Waals surface area contributed by atoms with Crippen LogP contribution < -0.4 is 4.90 Å². The van der Waals surface area contributed by atoms with Gasteiger partial charge in [0.15, 0.2) is 11.4 Å². The summed E-state index contributed by atoms with van der Waals surface area (Å²) in [6.07, 6.45) is 6.04. The summed E-state index contributed by atoms with van der Waals surface area (Å²) in [4.78, 5) is 26.9. The zero-order valence-corrected chi connectivity index (χ0v) is 15.6. The van der Waals surface area contributed by atoms with E-state index in [-0.39, 0.29) is 12.2 Å². The molecule has 1 fully saturated rings. The minimum atomic E-state index is -1.79. The fourth-order valence-corrected chi connectivity index (χ4v) is 4.50. The smallest absolute Gasteiger partial charge is 0.263 e. The highest BCUT2D eigenvalue weighted by Gasteiger charge is 2.49. The predicted octanol–water partition coefficient (Wildman–Crippen LogP) is 4.17. The first kappa shape index (κ1) is 17.9. The van der Waals surface area contributed by atoms with Crippen molar-refractivity contribution in [2.75, 3.05) is 11.9 Å². The Morgan fingerprint density at radius 1 is 1.07 bits per heavy atom. The molecule has 140 valence electrons. The molecule has 1 amide bonds. The van der Waals surface area contributed by atoms with Gasteiger partial charge < -0.3 is 10.0 Å². The highest BCUT2D eigenvalue weighted by atomic mass is 16.3. The topological polar surface area (TPSA) is 57.6 Å². The van der Waals surface area contributed by atoms with Crippen molar-refractivity contribution in [3.05, 3.63) is 65.2 Å². The van der Waals surface area contributed by atoms with E-state index >= 15 is 0 Å². The Kier molecular flexibility index (Phi) is 4.60. The fourth-order valence-electron chi connectivity index (χ4n) is 4.50. The predicted molar refractivity (Wildman–Crippen MR) is 105 cm³/mol. The summed E-state index contributed by atoms with van der Waals surface area (Å²) in [5, 5.41) is 11.1. The number of ketones is 1. The lowest BCUT2D eigenvalue weighted by molar-refractivity contribution is -0.135. The second kappa shape index (κ2) is 6.93. The van der Waals surface area contributed by atoms with Crippen molar-refractivity contribution >= 4 is 17.4 Å². The number of carbonyl (C=O) groups excluding carboxylic acids is 2. The fraction of sp³-hybridized carbons (Fsp3) is 0.391. The van der Waals surface area contributed by atoms with E-state index in [1.165, 1.54) is 42.6 Å². The van der Waals surface area contributed by atoms with Crippen molar-refractivity contribution < 1.29 is 14.7 Å². The van der Waals surface area contributed by atoms with Crippen LogP contribution >= 0.6 is 0 Å². The molecule has 27 heavy (non-hydrogen) atoms. The maximum Gasteiger partial charge on any atom is 0.263 e. The standard InChI is InChI=1S/C23H25NO3/c1-24-20-10-6-5-9-19(20)23(27,22(24)26)15-21(25)18-13-11-17(12-14-18)16-7-3-2-4-8-16/h5-6,9-14,16,27H,2-4,7-8,15H2,1H3/t23-/m0/s1. The van der Waals surface area contributed by atoms with Crippen LogP contribution in [0.15, 0.2) is 48.5 Å². The van der Waals surface area contributed by atoms with Gasteiger partial charge in [0.1, 0.15) is 0 Å². The van der Waals surface area contributed by atoms with Gasteiger partial charge in [-0.25, -0.2) is 0 Å². The molecule has 0 unspecified atom stereocenters. The number of amides is 1. The van der Waals surface area contributed by atoms with Gasteiger partial charge in [-0.15, -0.1) is 0 Å². The van der Waals surface area contributed by atoms with E-state index in [4.69, 9.17) is 0 Å². The van der Waals surface area contributed by atoms with Crippen molar-refractivity contribution in [3.63, 3.8) is 0 Å². The number of carbonyl (C=O) groups is 2. The van der Waals surface area contributed by atoms with Crippen LogP contribution in [0.3, 0.4) is 0 Å². The van der Waals surface area contributed by atoms with Crippen LogP contribution in [0.25, 0.3) is 0 Å². The van der Waals surface area contributed by atoms with Crippen LogP contribution in [0.4, 0.5) is 5.69 Å². The van der Waals surface area contributed by atoms with Crippen LogP contribution in [0.5, 0.6) is 0 Å². The van der Waals surface area contributed by atoms with Gasteiger partial charge >= 0.3 is 0 Å². The molecule has 0 saturated heterocycles. The average Bonchev–Trinajstić information content (AvgIpc) is 2.90. The van der Waals surface area contributed by atoms with Gasteiger partial charge in [-0.3, -0.25) is 9.59 Å². The molecule has 1 saturated carbocycles. The third-order valence-electron chi connectivity index (χ3n) is 6.10. The van der Waals surface area contributed by atoms with Gasteiger partial charge in [-0.2, -0.15) is 0 Å². The summed E-state index contributed by atoms with van der Waals surface area (Å²) in [7, 11) is 1.63. The summed E-state index contributed by atoms with van der Waals surface area (Å²) in [6.45, 7) is 0. The van der Waals surface area contributed by atoms with Crippen molar-refractivity contribution in [2.24, 2.45) is 0 Å². The number of hydrogen-bond donors (Lipinski definition) is 1. The molecule has 1 aliphatic heterocycles. The lowest BCUT2D eigenvalue weighted by Crippen LogP contribution is -2.40. The monoisotopic (exact) mass is 363 g/mol. The molecule has 2 aliphatic rings. The Hall–Kier alpha value is -2.46. The van der Waals surface area contributed by atoms with Crippen LogP contribution in [-0.4, -0.2) is 23.8 Å². The first-order valence-corrected chi connectivity index (χ1v) is 9.74. The van der Waals surface area contributed by atoms with Gasteiger partial charge in [0, 0.05) is 18.2 Å². The van der Waals surface area contributed by atoms with Gasteiger partial charge in [0.25, 0.3) is 5.91 Å². The molecule has 1 aliphatic carbocycles. The zero-order valence-electron chi connectivity index (χ0n) is 15.6. The Labute approximate surface area is 159 Å². The molecular weight excluding hydrogens is 338 g/mol. The molecule has 4 nitrogen and oxygen atoms in total. The molecule has 4 rings (SSSR count). The van der Waals surface area contributed by atoms with Gasteiger partial charge in [-0.1, -0.05) is 61.7 Å². The lowest BCUT2D eigenvalue weighted by Gasteiger charge is -2.23. The second-order valence-electron chi connectivity index (χ2n) is 7.80. The Morgan fingerprint density at radius 2 is 1.74 bits per heavy atom. The summed E-state index contributed by atoms with van der Waals surface area (Å²) < 4.78 is 0. The summed E-state index contributed by atoms with van der Waals surface area (Å²) in [5.74, 6) is -0.0777. The quantitative estimate of drug-likeness (QED) is 0.830. The van der Waals surface area contributed by atoms with Crippen molar-refractivity contribution in [2.45, 2.75) is 50.0 Å². The van der Waals surface area contributed by atoms with E-state index < -0.39 is 11.5 Å². The van der Waals surface area contributed by atoms with Crippen LogP contribution in [0, 0.1) is 0 Å². The Bertz CT molecular complexity index is 867. The number of anilines is 1. The number of Topliss-reactive ketones (excluding diaryl/α,β-unsaturated/α-hetero) is 1. The number of aliphatic hydroxyl groups is 1. The molecule has 4 heteroatoms. The molecule has 0 bridgehead atoms. The number of benzene rings is 2. The number of para-hydroxylation sites is 1. The van der Waals surface area contributed by atoms with Crippen LogP contribution in [0.1, 0.15) is 65.9 Å². The average molecular weight is 363 g/mol. The molecular formula is C23H25NO3.